The van der Waals surface area contributed by atoms with Gasteiger partial charge >= 0.3 is 5.97 Å². The third-order valence-electron chi connectivity index (χ3n) is 4.36. The molecule has 0 unspecified atom stereocenters. The molecule has 0 aromatic heterocycles. The Morgan fingerprint density at radius 1 is 0.970 bits per heavy atom. The van der Waals surface area contributed by atoms with Gasteiger partial charge in [-0.25, -0.2) is 10.2 Å². The van der Waals surface area contributed by atoms with Crippen LogP contribution in [0.4, 0.5) is 0 Å². The fourth-order valence-electron chi connectivity index (χ4n) is 2.78. The van der Waals surface area contributed by atoms with E-state index in [2.05, 4.69) is 42.4 Å². The highest BCUT2D eigenvalue weighted by atomic mass is 79.9. The van der Waals surface area contributed by atoms with Gasteiger partial charge in [-0.1, -0.05) is 31.9 Å². The Morgan fingerprint density at radius 2 is 1.64 bits per heavy atom. The molecule has 0 saturated heterocycles. The number of nitrogens with zero attached hydrogens (tertiary/aromatic N) is 1. The molecular weight excluding hydrogens is 556 g/mol. The van der Waals surface area contributed by atoms with Crippen molar-refractivity contribution in [1.82, 2.24) is 5.43 Å². The summed E-state index contributed by atoms with van der Waals surface area (Å²) in [7, 11) is 1.55. The lowest BCUT2D eigenvalue weighted by molar-refractivity contribution is 0.0734. The van der Waals surface area contributed by atoms with Crippen LogP contribution in [0.25, 0.3) is 0 Å². The fourth-order valence-corrected chi connectivity index (χ4v) is 3.52. The van der Waals surface area contributed by atoms with Gasteiger partial charge in [0.25, 0.3) is 5.91 Å². The van der Waals surface area contributed by atoms with Gasteiger partial charge in [0.1, 0.15) is 17.2 Å². The largest absolute Gasteiger partial charge is 0.497 e. The van der Waals surface area contributed by atoms with Crippen LogP contribution < -0.4 is 19.6 Å². The molecule has 0 radical (unpaired) electrons. The molecular formula is C24H20Br2N2O5. The van der Waals surface area contributed by atoms with Crippen molar-refractivity contribution < 1.29 is 23.8 Å². The van der Waals surface area contributed by atoms with Crippen LogP contribution in [-0.2, 0) is 0 Å². The summed E-state index contributed by atoms with van der Waals surface area (Å²) >= 11 is 6.74. The van der Waals surface area contributed by atoms with Gasteiger partial charge in [0.05, 0.1) is 31.1 Å². The first kappa shape index (κ1) is 24.5. The highest BCUT2D eigenvalue weighted by molar-refractivity contribution is 9.10. The normalized spacial score (nSPS) is 10.7. The van der Waals surface area contributed by atoms with Crippen molar-refractivity contribution in [3.05, 3.63) is 86.3 Å². The Bertz CT molecular complexity index is 1180. The van der Waals surface area contributed by atoms with E-state index in [1.54, 1.807) is 67.8 Å². The number of hydrogen-bond acceptors (Lipinski definition) is 6. The van der Waals surface area contributed by atoms with E-state index in [1.165, 1.54) is 6.21 Å². The topological polar surface area (TPSA) is 86.2 Å². The zero-order valence-electron chi connectivity index (χ0n) is 17.8. The first-order valence-electron chi connectivity index (χ1n) is 9.82. The molecule has 0 fully saturated rings. The molecule has 0 spiro atoms. The van der Waals surface area contributed by atoms with Gasteiger partial charge < -0.3 is 14.2 Å². The Kier molecular flexibility index (Phi) is 8.62. The zero-order chi connectivity index (χ0) is 23.8. The highest BCUT2D eigenvalue weighted by Gasteiger charge is 2.14. The summed E-state index contributed by atoms with van der Waals surface area (Å²) in [5, 5.41) is 4.03. The number of hydrogen-bond donors (Lipinski definition) is 1. The van der Waals surface area contributed by atoms with Crippen molar-refractivity contribution >= 4 is 50.0 Å². The number of benzene rings is 3. The smallest absolute Gasteiger partial charge is 0.343 e. The number of carbonyl (C=O) groups excluding carboxylic acids is 2. The average Bonchev–Trinajstić information content (AvgIpc) is 2.82. The van der Waals surface area contributed by atoms with E-state index in [-0.39, 0.29) is 5.75 Å². The molecule has 0 atom stereocenters. The maximum Gasteiger partial charge on any atom is 0.343 e. The maximum atomic E-state index is 12.6. The van der Waals surface area contributed by atoms with Gasteiger partial charge in [0, 0.05) is 14.5 Å². The van der Waals surface area contributed by atoms with Gasteiger partial charge in [0.15, 0.2) is 0 Å². The molecule has 3 aromatic carbocycles. The Labute approximate surface area is 208 Å². The van der Waals surface area contributed by atoms with Gasteiger partial charge in [-0.15, -0.1) is 0 Å². The molecule has 7 nitrogen and oxygen atoms in total. The molecule has 3 rings (SSSR count). The summed E-state index contributed by atoms with van der Waals surface area (Å²) in [6, 6.07) is 16.8. The number of methoxy groups -OCH3 is 1. The number of nitrogens with one attached hydrogen (secondary N) is 1. The number of halogens is 2. The van der Waals surface area contributed by atoms with Crippen LogP contribution in [0, 0.1) is 0 Å². The first-order chi connectivity index (χ1) is 15.9. The predicted molar refractivity (Wildman–Crippen MR) is 132 cm³/mol. The minimum atomic E-state index is -0.533. The molecule has 0 aliphatic carbocycles. The van der Waals surface area contributed by atoms with E-state index in [9.17, 15) is 9.59 Å². The first-order valence-corrected chi connectivity index (χ1v) is 11.4. The van der Waals surface area contributed by atoms with Crippen LogP contribution in [0.5, 0.6) is 17.2 Å². The van der Waals surface area contributed by atoms with Crippen molar-refractivity contribution in [2.75, 3.05) is 13.7 Å². The predicted octanol–water partition coefficient (Wildman–Crippen LogP) is 5.60. The molecule has 9 heteroatoms. The third-order valence-corrected chi connectivity index (χ3v) is 5.34. The van der Waals surface area contributed by atoms with Crippen LogP contribution in [0.3, 0.4) is 0 Å². The second kappa shape index (κ2) is 11.6. The molecule has 0 saturated carbocycles. The van der Waals surface area contributed by atoms with Gasteiger partial charge in [-0.05, 0) is 67.6 Å². The molecule has 0 bridgehead atoms. The van der Waals surface area contributed by atoms with Crippen LogP contribution in [0.1, 0.15) is 33.2 Å². The van der Waals surface area contributed by atoms with Crippen molar-refractivity contribution in [3.8, 4) is 17.2 Å². The Balaban J connectivity index is 1.76. The van der Waals surface area contributed by atoms with Gasteiger partial charge in [0.2, 0.25) is 0 Å². The van der Waals surface area contributed by atoms with Crippen molar-refractivity contribution in [2.45, 2.75) is 6.92 Å². The second-order valence-electron chi connectivity index (χ2n) is 6.57. The Hall–Kier alpha value is -3.17. The number of esters is 1. The van der Waals surface area contributed by atoms with Crippen LogP contribution in [0.15, 0.2) is 74.7 Å². The van der Waals surface area contributed by atoms with Crippen LogP contribution in [0.2, 0.25) is 0 Å². The standard InChI is InChI=1S/C24H20Br2N2O5/c1-3-32-22-11-7-18(26)13-20(22)23(29)28-27-14-16-12-17(25)6-10-21(16)33-24(30)15-4-8-19(31-2)9-5-15/h4-14H,3H2,1-2H3,(H,28,29)/b27-14+. The van der Waals surface area contributed by atoms with E-state index in [4.69, 9.17) is 14.2 Å². The van der Waals surface area contributed by atoms with E-state index in [1.807, 2.05) is 6.92 Å². The van der Waals surface area contributed by atoms with Gasteiger partial charge in [-0.3, -0.25) is 4.79 Å². The molecule has 0 heterocycles. The number of rotatable bonds is 8. The lowest BCUT2D eigenvalue weighted by atomic mass is 10.2. The third kappa shape index (κ3) is 6.66. The van der Waals surface area contributed by atoms with E-state index in [0.717, 1.165) is 8.95 Å². The molecule has 0 aliphatic heterocycles. The summed E-state index contributed by atoms with van der Waals surface area (Å²) < 4.78 is 17.6. The van der Waals surface area contributed by atoms with E-state index < -0.39 is 11.9 Å². The maximum absolute atomic E-state index is 12.6. The van der Waals surface area contributed by atoms with Crippen molar-refractivity contribution in [3.63, 3.8) is 0 Å². The average molecular weight is 576 g/mol. The van der Waals surface area contributed by atoms with Crippen molar-refractivity contribution in [1.29, 1.82) is 0 Å². The zero-order valence-corrected chi connectivity index (χ0v) is 21.0. The van der Waals surface area contributed by atoms with Gasteiger partial charge in [-0.2, -0.15) is 5.10 Å². The van der Waals surface area contributed by atoms with Crippen LogP contribution >= 0.6 is 31.9 Å². The summed E-state index contributed by atoms with van der Waals surface area (Å²) in [6.07, 6.45) is 1.40. The number of carbonyl (C=O) groups is 2. The van der Waals surface area contributed by atoms with Crippen LogP contribution in [-0.4, -0.2) is 31.8 Å². The summed E-state index contributed by atoms with van der Waals surface area (Å²) in [4.78, 5) is 25.2. The minimum Gasteiger partial charge on any atom is -0.497 e. The minimum absolute atomic E-state index is 0.287. The molecule has 33 heavy (non-hydrogen) atoms. The number of amides is 1. The molecule has 1 amide bonds. The molecule has 1 N–H and O–H groups in total. The molecule has 3 aromatic rings. The summed E-state index contributed by atoms with van der Waals surface area (Å²) in [6.45, 7) is 2.26. The van der Waals surface area contributed by atoms with E-state index >= 15 is 0 Å². The quantitative estimate of drug-likeness (QED) is 0.163. The highest BCUT2D eigenvalue weighted by Crippen LogP contribution is 2.25. The summed E-state index contributed by atoms with van der Waals surface area (Å²) in [5.74, 6) is 0.396. The monoisotopic (exact) mass is 574 g/mol. The van der Waals surface area contributed by atoms with Crippen molar-refractivity contribution in [2.24, 2.45) is 5.10 Å². The number of hydrazone groups is 1. The SMILES string of the molecule is CCOc1ccc(Br)cc1C(=O)N/N=C/c1cc(Br)ccc1OC(=O)c1ccc(OC)cc1. The molecule has 170 valence electrons. The lowest BCUT2D eigenvalue weighted by Crippen LogP contribution is -2.19. The Morgan fingerprint density at radius 3 is 2.30 bits per heavy atom. The summed E-state index contributed by atoms with van der Waals surface area (Å²) in [5.41, 5.74) is 3.67. The fraction of sp³-hybridized carbons (Fsp3) is 0.125. The molecule has 0 aliphatic rings. The number of ether oxygens (including phenoxy) is 3. The van der Waals surface area contributed by atoms with E-state index in [0.29, 0.717) is 34.8 Å². The lowest BCUT2D eigenvalue weighted by Gasteiger charge is -2.10. The second-order valence-corrected chi connectivity index (χ2v) is 8.40.